The van der Waals surface area contributed by atoms with Crippen molar-refractivity contribution in [1.29, 1.82) is 0 Å². The fourth-order valence-electron chi connectivity index (χ4n) is 2.38. The summed E-state index contributed by atoms with van der Waals surface area (Å²) in [7, 11) is 0. The molecule has 9 nitrogen and oxygen atoms in total. The number of benzene rings is 1. The van der Waals surface area contributed by atoms with Crippen molar-refractivity contribution in [3.63, 3.8) is 0 Å². The Kier molecular flexibility index (Phi) is 4.53. The van der Waals surface area contributed by atoms with Crippen molar-refractivity contribution in [2.75, 3.05) is 0 Å². The maximum atomic E-state index is 12.2. The molecule has 0 saturated carbocycles. The van der Waals surface area contributed by atoms with Crippen LogP contribution in [0.5, 0.6) is 11.5 Å². The summed E-state index contributed by atoms with van der Waals surface area (Å²) in [6, 6.07) is 8.67. The Labute approximate surface area is 155 Å². The highest BCUT2D eigenvalue weighted by atomic mass is 19.4. The van der Waals surface area contributed by atoms with Crippen LogP contribution in [0.3, 0.4) is 0 Å². The summed E-state index contributed by atoms with van der Waals surface area (Å²) in [6.07, 6.45) is -2.17. The van der Waals surface area contributed by atoms with Gasteiger partial charge in [0.2, 0.25) is 11.7 Å². The van der Waals surface area contributed by atoms with Crippen molar-refractivity contribution in [3.05, 3.63) is 60.1 Å². The molecule has 0 spiro atoms. The molecule has 1 atom stereocenters. The van der Waals surface area contributed by atoms with Crippen molar-refractivity contribution >= 4 is 0 Å². The average molecular weight is 392 g/mol. The lowest BCUT2D eigenvalue weighted by molar-refractivity contribution is -0.274. The summed E-state index contributed by atoms with van der Waals surface area (Å²) in [6.45, 7) is 0. The second-order valence-electron chi connectivity index (χ2n) is 5.50. The number of pyridine rings is 1. The van der Waals surface area contributed by atoms with Crippen molar-refractivity contribution in [1.82, 2.24) is 31.1 Å². The van der Waals surface area contributed by atoms with Gasteiger partial charge in [-0.15, -0.1) is 23.4 Å². The summed E-state index contributed by atoms with van der Waals surface area (Å²) in [5, 5.41) is 13.4. The third-order valence-corrected chi connectivity index (χ3v) is 3.57. The molecule has 1 unspecified atom stereocenters. The number of nitrogens with one attached hydrogen (secondary N) is 2. The van der Waals surface area contributed by atoms with E-state index >= 15 is 0 Å². The fourth-order valence-corrected chi connectivity index (χ4v) is 2.38. The maximum absolute atomic E-state index is 12.2. The molecular formula is C16H11F3N6O3. The van der Waals surface area contributed by atoms with Gasteiger partial charge >= 0.3 is 6.36 Å². The summed E-state index contributed by atoms with van der Waals surface area (Å²) in [5.41, 5.74) is 3.74. The number of hydrogen-bond donors (Lipinski definition) is 2. The van der Waals surface area contributed by atoms with E-state index in [1.165, 1.54) is 30.5 Å². The lowest BCUT2D eigenvalue weighted by atomic mass is 10.1. The largest absolute Gasteiger partial charge is 0.573 e. The summed E-state index contributed by atoms with van der Waals surface area (Å²) in [4.78, 5) is 9.53. The number of tetrazole rings is 1. The molecule has 3 heterocycles. The molecule has 2 N–H and O–H groups in total. The molecule has 0 aliphatic carbocycles. The highest BCUT2D eigenvalue weighted by Crippen LogP contribution is 2.29. The molecule has 12 heteroatoms. The van der Waals surface area contributed by atoms with E-state index in [2.05, 4.69) is 35.8 Å². The summed E-state index contributed by atoms with van der Waals surface area (Å²) >= 11 is 0. The molecule has 3 aromatic rings. The number of hydroxylamine groups is 1. The van der Waals surface area contributed by atoms with E-state index in [-0.39, 0.29) is 5.75 Å². The van der Waals surface area contributed by atoms with Crippen molar-refractivity contribution in [3.8, 4) is 23.0 Å². The fraction of sp³-hybridized carbons (Fsp3) is 0.125. The first-order chi connectivity index (χ1) is 13.5. The van der Waals surface area contributed by atoms with Crippen LogP contribution in [0.1, 0.15) is 11.7 Å². The van der Waals surface area contributed by atoms with E-state index in [0.717, 1.165) is 0 Å². The van der Waals surface area contributed by atoms with Gasteiger partial charge in [0.25, 0.3) is 0 Å². The Morgan fingerprint density at radius 2 is 1.82 bits per heavy atom. The molecule has 0 amide bonds. The number of aromatic nitrogens is 5. The first kappa shape index (κ1) is 17.7. The normalized spacial score (nSPS) is 16.4. The Hall–Kier alpha value is -3.67. The Balaban J connectivity index is 1.40. The van der Waals surface area contributed by atoms with E-state index < -0.39 is 12.5 Å². The average Bonchev–Trinajstić information content (AvgIpc) is 3.34. The predicted octanol–water partition coefficient (Wildman–Crippen LogP) is 2.66. The Morgan fingerprint density at radius 1 is 1.04 bits per heavy atom. The minimum Gasteiger partial charge on any atom is -0.438 e. The van der Waals surface area contributed by atoms with Crippen molar-refractivity contribution in [2.45, 2.75) is 12.5 Å². The first-order valence-electron chi connectivity index (χ1n) is 7.83. The first-order valence-corrected chi connectivity index (χ1v) is 7.83. The maximum Gasteiger partial charge on any atom is 0.573 e. The molecule has 4 rings (SSSR count). The van der Waals surface area contributed by atoms with Crippen LogP contribution >= 0.6 is 0 Å². The van der Waals surface area contributed by atoms with Crippen LogP contribution in [0.4, 0.5) is 13.2 Å². The minimum absolute atomic E-state index is 0.310. The topological polar surface area (TPSA) is 107 Å². The molecule has 1 aliphatic rings. The quantitative estimate of drug-likeness (QED) is 0.683. The lowest BCUT2D eigenvalue weighted by Crippen LogP contribution is -2.17. The van der Waals surface area contributed by atoms with Gasteiger partial charge in [-0.1, -0.05) is 12.1 Å². The second-order valence-corrected chi connectivity index (χ2v) is 5.50. The van der Waals surface area contributed by atoms with Crippen LogP contribution in [-0.2, 0) is 4.84 Å². The molecule has 1 aromatic carbocycles. The molecular weight excluding hydrogens is 381 g/mol. The predicted molar refractivity (Wildman–Crippen MR) is 86.2 cm³/mol. The standard InChI is InChI=1S/C16H11F3N6O3/c17-16(18,19)27-10-3-1-9(2-4-10)13-7-14(23-28-13)26-11-5-6-12(20-8-11)15-21-24-25-22-15/h1-8,13,23H,(H,21,22,24,25). The van der Waals surface area contributed by atoms with Crippen LogP contribution in [0, 0.1) is 0 Å². The molecule has 1 aliphatic heterocycles. The van der Waals surface area contributed by atoms with Gasteiger partial charge in [0.1, 0.15) is 23.3 Å². The number of rotatable bonds is 5. The molecule has 0 bridgehead atoms. The lowest BCUT2D eigenvalue weighted by Gasteiger charge is -2.11. The monoisotopic (exact) mass is 392 g/mol. The summed E-state index contributed by atoms with van der Waals surface area (Å²) < 4.78 is 46.1. The van der Waals surface area contributed by atoms with Gasteiger partial charge in [-0.2, -0.15) is 5.21 Å². The number of halogens is 3. The van der Waals surface area contributed by atoms with Crippen LogP contribution in [0.25, 0.3) is 11.5 Å². The van der Waals surface area contributed by atoms with Gasteiger partial charge in [0.05, 0.1) is 6.20 Å². The van der Waals surface area contributed by atoms with E-state index in [1.807, 2.05) is 0 Å². The molecule has 0 fully saturated rings. The van der Waals surface area contributed by atoms with Crippen LogP contribution in [0.15, 0.2) is 54.6 Å². The van der Waals surface area contributed by atoms with Crippen molar-refractivity contribution < 1.29 is 27.5 Å². The smallest absolute Gasteiger partial charge is 0.438 e. The Bertz CT molecular complexity index is 959. The van der Waals surface area contributed by atoms with Gasteiger partial charge in [-0.25, -0.2) is 10.5 Å². The number of H-pyrrole nitrogens is 1. The third-order valence-electron chi connectivity index (χ3n) is 3.57. The van der Waals surface area contributed by atoms with Crippen LogP contribution in [0.2, 0.25) is 0 Å². The molecule has 2 aromatic heterocycles. The van der Waals surface area contributed by atoms with Crippen LogP contribution < -0.4 is 15.0 Å². The van der Waals surface area contributed by atoms with E-state index in [9.17, 15) is 13.2 Å². The van der Waals surface area contributed by atoms with Gasteiger partial charge in [-0.3, -0.25) is 4.84 Å². The van der Waals surface area contributed by atoms with Gasteiger partial charge in [0, 0.05) is 6.08 Å². The zero-order valence-electron chi connectivity index (χ0n) is 13.8. The number of ether oxygens (including phenoxy) is 2. The highest BCUT2D eigenvalue weighted by Gasteiger charge is 2.31. The van der Waals surface area contributed by atoms with E-state index in [4.69, 9.17) is 9.57 Å². The molecule has 28 heavy (non-hydrogen) atoms. The Morgan fingerprint density at radius 3 is 2.46 bits per heavy atom. The molecule has 0 saturated heterocycles. The molecule has 0 radical (unpaired) electrons. The zero-order chi connectivity index (χ0) is 19.6. The number of nitrogens with zero attached hydrogens (tertiary/aromatic N) is 4. The third kappa shape index (κ3) is 4.17. The van der Waals surface area contributed by atoms with E-state index in [1.54, 1.807) is 18.2 Å². The van der Waals surface area contributed by atoms with Gasteiger partial charge in [-0.05, 0) is 35.0 Å². The SMILES string of the molecule is FC(F)(F)Oc1ccc(C2C=C(Oc3ccc(-c4nn[nH]n4)nc3)NO2)cc1. The number of hydrogen-bond acceptors (Lipinski definition) is 8. The minimum atomic E-state index is -4.73. The molecule has 144 valence electrons. The van der Waals surface area contributed by atoms with Gasteiger partial charge in [0.15, 0.2) is 0 Å². The number of alkyl halides is 3. The summed E-state index contributed by atoms with van der Waals surface area (Å²) in [5.74, 6) is 0.792. The zero-order valence-corrected chi connectivity index (χ0v) is 13.8. The second kappa shape index (κ2) is 7.15. The van der Waals surface area contributed by atoms with Crippen molar-refractivity contribution in [2.24, 2.45) is 0 Å². The van der Waals surface area contributed by atoms with Crippen LogP contribution in [-0.4, -0.2) is 32.0 Å². The highest BCUT2D eigenvalue weighted by molar-refractivity contribution is 5.48. The van der Waals surface area contributed by atoms with E-state index in [0.29, 0.717) is 28.7 Å². The number of aromatic amines is 1. The van der Waals surface area contributed by atoms with Gasteiger partial charge < -0.3 is 9.47 Å².